The van der Waals surface area contributed by atoms with Gasteiger partial charge in [0.05, 0.1) is 18.6 Å². The number of rotatable bonds is 8. The Bertz CT molecular complexity index is 441. The summed E-state index contributed by atoms with van der Waals surface area (Å²) in [6.45, 7) is 7.99. The fraction of sp³-hybridized carbons (Fsp3) is 0.789. The van der Waals surface area contributed by atoms with Gasteiger partial charge in [0.1, 0.15) is 0 Å². The van der Waals surface area contributed by atoms with Crippen LogP contribution in [0.2, 0.25) is 0 Å². The first-order valence-electron chi connectivity index (χ1n) is 8.93. The van der Waals surface area contributed by atoms with Crippen LogP contribution in [0.4, 0.5) is 0 Å². The summed E-state index contributed by atoms with van der Waals surface area (Å²) in [5, 5.41) is 0. The molecule has 0 amide bonds. The van der Waals surface area contributed by atoms with Crippen LogP contribution in [0.25, 0.3) is 0 Å². The van der Waals surface area contributed by atoms with Crippen molar-refractivity contribution in [1.29, 1.82) is 0 Å². The van der Waals surface area contributed by atoms with E-state index in [-0.39, 0.29) is 24.0 Å². The average Bonchev–Trinajstić information content (AvgIpc) is 2.55. The lowest BCUT2D eigenvalue weighted by molar-refractivity contribution is -0.166. The highest BCUT2D eigenvalue weighted by molar-refractivity contribution is 5.86. The van der Waals surface area contributed by atoms with E-state index in [0.717, 1.165) is 19.3 Å². The number of hydrogen-bond donors (Lipinski definition) is 0. The van der Waals surface area contributed by atoms with Crippen LogP contribution in [0, 0.1) is 10.8 Å². The second-order valence-electron chi connectivity index (χ2n) is 7.44. The van der Waals surface area contributed by atoms with Crippen LogP contribution >= 0.6 is 0 Å². The molecule has 4 heteroatoms. The molecule has 3 fully saturated rings. The first kappa shape index (κ1) is 18.0. The highest BCUT2D eigenvalue weighted by Gasteiger charge is 2.52. The minimum atomic E-state index is -0.387. The smallest absolute Gasteiger partial charge is 0.333 e. The van der Waals surface area contributed by atoms with Crippen molar-refractivity contribution in [2.24, 2.45) is 10.8 Å². The lowest BCUT2D eigenvalue weighted by atomic mass is 9.52. The SMILES string of the molecule is C=C(C)C(=O)OCCCOC(=O)C12CCC(CCC)(CC1)CC2. The van der Waals surface area contributed by atoms with Gasteiger partial charge in [-0.05, 0) is 57.3 Å². The second kappa shape index (κ2) is 7.50. The molecule has 3 aliphatic carbocycles. The lowest BCUT2D eigenvalue weighted by Gasteiger charge is -2.52. The number of esters is 2. The quantitative estimate of drug-likeness (QED) is 0.382. The third-order valence-corrected chi connectivity index (χ3v) is 5.72. The van der Waals surface area contributed by atoms with E-state index in [9.17, 15) is 9.59 Å². The lowest BCUT2D eigenvalue weighted by Crippen LogP contribution is -2.46. The highest BCUT2D eigenvalue weighted by Crippen LogP contribution is 2.59. The maximum Gasteiger partial charge on any atom is 0.333 e. The summed E-state index contributed by atoms with van der Waals surface area (Å²) >= 11 is 0. The zero-order chi connectivity index (χ0) is 16.9. The fourth-order valence-corrected chi connectivity index (χ4v) is 4.14. The fourth-order valence-electron chi connectivity index (χ4n) is 4.14. The number of carbonyl (C=O) groups is 2. The van der Waals surface area contributed by atoms with Crippen molar-refractivity contribution in [3.63, 3.8) is 0 Å². The second-order valence-corrected chi connectivity index (χ2v) is 7.44. The summed E-state index contributed by atoms with van der Waals surface area (Å²) in [6.07, 6.45) is 9.54. The monoisotopic (exact) mass is 322 g/mol. The maximum absolute atomic E-state index is 12.5. The molecule has 3 saturated carbocycles. The van der Waals surface area contributed by atoms with Crippen molar-refractivity contribution in [2.75, 3.05) is 13.2 Å². The molecule has 0 N–H and O–H groups in total. The van der Waals surface area contributed by atoms with Crippen LogP contribution < -0.4 is 0 Å². The number of ether oxygens (including phenoxy) is 2. The van der Waals surface area contributed by atoms with E-state index in [1.54, 1.807) is 6.92 Å². The van der Waals surface area contributed by atoms with Crippen LogP contribution in [0.3, 0.4) is 0 Å². The van der Waals surface area contributed by atoms with Crippen molar-refractivity contribution in [3.05, 3.63) is 12.2 Å². The summed E-state index contributed by atoms with van der Waals surface area (Å²) in [5.74, 6) is -0.421. The molecule has 3 rings (SSSR count). The predicted octanol–water partition coefficient (Wildman–Crippen LogP) is 4.18. The Morgan fingerprint density at radius 3 is 2.09 bits per heavy atom. The topological polar surface area (TPSA) is 52.6 Å². The van der Waals surface area contributed by atoms with Crippen LogP contribution in [0.5, 0.6) is 0 Å². The molecule has 0 saturated heterocycles. The largest absolute Gasteiger partial charge is 0.465 e. The van der Waals surface area contributed by atoms with Gasteiger partial charge in [0.15, 0.2) is 0 Å². The Morgan fingerprint density at radius 2 is 1.57 bits per heavy atom. The van der Waals surface area contributed by atoms with Crippen molar-refractivity contribution >= 4 is 11.9 Å². The average molecular weight is 322 g/mol. The summed E-state index contributed by atoms with van der Waals surface area (Å²) < 4.78 is 10.5. The molecular weight excluding hydrogens is 292 g/mol. The number of hydrogen-bond acceptors (Lipinski definition) is 4. The maximum atomic E-state index is 12.5. The molecule has 23 heavy (non-hydrogen) atoms. The van der Waals surface area contributed by atoms with E-state index in [0.29, 0.717) is 24.0 Å². The molecule has 2 bridgehead atoms. The van der Waals surface area contributed by atoms with Crippen molar-refractivity contribution in [3.8, 4) is 0 Å². The van der Waals surface area contributed by atoms with E-state index < -0.39 is 0 Å². The molecular formula is C19H30O4. The molecule has 130 valence electrons. The standard InChI is InChI=1S/C19H30O4/c1-4-6-18-7-10-19(11-8-18,12-9-18)17(21)23-14-5-13-22-16(20)15(2)3/h2,4-14H2,1,3H3. The minimum absolute atomic E-state index is 0.0338. The Labute approximate surface area is 139 Å². The summed E-state index contributed by atoms with van der Waals surface area (Å²) in [4.78, 5) is 23.7. The zero-order valence-electron chi connectivity index (χ0n) is 14.6. The van der Waals surface area contributed by atoms with Gasteiger partial charge in [-0.25, -0.2) is 4.79 Å². The van der Waals surface area contributed by atoms with Crippen LogP contribution in [0.1, 0.15) is 71.6 Å². The molecule has 4 nitrogen and oxygen atoms in total. The Hall–Kier alpha value is -1.32. The summed E-state index contributed by atoms with van der Waals surface area (Å²) in [7, 11) is 0. The summed E-state index contributed by atoms with van der Waals surface area (Å²) in [5.41, 5.74) is 0.665. The molecule has 0 atom stereocenters. The van der Waals surface area contributed by atoms with Crippen molar-refractivity contribution in [2.45, 2.75) is 71.6 Å². The highest BCUT2D eigenvalue weighted by atomic mass is 16.5. The van der Waals surface area contributed by atoms with E-state index in [1.807, 2.05) is 0 Å². The Morgan fingerprint density at radius 1 is 1.00 bits per heavy atom. The number of carbonyl (C=O) groups excluding carboxylic acids is 2. The van der Waals surface area contributed by atoms with Gasteiger partial charge < -0.3 is 9.47 Å². The first-order valence-corrected chi connectivity index (χ1v) is 8.93. The van der Waals surface area contributed by atoms with E-state index >= 15 is 0 Å². The van der Waals surface area contributed by atoms with Crippen LogP contribution in [-0.2, 0) is 19.1 Å². The molecule has 0 spiro atoms. The Balaban J connectivity index is 1.71. The molecule has 0 aromatic carbocycles. The molecule has 0 aliphatic heterocycles. The third kappa shape index (κ3) is 4.15. The van der Waals surface area contributed by atoms with Gasteiger partial charge in [0.25, 0.3) is 0 Å². The van der Waals surface area contributed by atoms with E-state index in [4.69, 9.17) is 9.47 Å². The van der Waals surface area contributed by atoms with Gasteiger partial charge in [-0.1, -0.05) is 19.9 Å². The van der Waals surface area contributed by atoms with Gasteiger partial charge in [-0.2, -0.15) is 0 Å². The third-order valence-electron chi connectivity index (χ3n) is 5.72. The van der Waals surface area contributed by atoms with Crippen molar-refractivity contribution < 1.29 is 19.1 Å². The first-order chi connectivity index (χ1) is 10.9. The van der Waals surface area contributed by atoms with Gasteiger partial charge in [-0.15, -0.1) is 0 Å². The van der Waals surface area contributed by atoms with Crippen molar-refractivity contribution in [1.82, 2.24) is 0 Å². The molecule has 3 aliphatic rings. The molecule has 0 heterocycles. The zero-order valence-corrected chi connectivity index (χ0v) is 14.6. The Kier molecular flexibility index (Phi) is 5.88. The van der Waals surface area contributed by atoms with E-state index in [1.165, 1.54) is 32.1 Å². The van der Waals surface area contributed by atoms with Gasteiger partial charge >= 0.3 is 11.9 Å². The van der Waals surface area contributed by atoms with E-state index in [2.05, 4.69) is 13.5 Å². The molecule has 0 aromatic rings. The molecule has 0 radical (unpaired) electrons. The normalized spacial score (nSPS) is 29.1. The minimum Gasteiger partial charge on any atom is -0.465 e. The number of fused-ring (bicyclic) bond motifs is 3. The van der Waals surface area contributed by atoms with Crippen LogP contribution in [-0.4, -0.2) is 25.2 Å². The molecule has 0 aromatic heterocycles. The van der Waals surface area contributed by atoms with Gasteiger partial charge in [0.2, 0.25) is 0 Å². The van der Waals surface area contributed by atoms with Crippen LogP contribution in [0.15, 0.2) is 12.2 Å². The van der Waals surface area contributed by atoms with Gasteiger partial charge in [-0.3, -0.25) is 4.79 Å². The predicted molar refractivity (Wildman–Crippen MR) is 88.8 cm³/mol. The molecule has 0 unspecified atom stereocenters. The van der Waals surface area contributed by atoms with Gasteiger partial charge in [0, 0.05) is 12.0 Å². The summed E-state index contributed by atoms with van der Waals surface area (Å²) in [6, 6.07) is 0.